The van der Waals surface area contributed by atoms with Crippen LogP contribution in [-0.2, 0) is 6.54 Å². The number of carbonyl (C=O) groups is 1. The number of aromatic hydroxyl groups is 1. The summed E-state index contributed by atoms with van der Waals surface area (Å²) in [6.45, 7) is 0.265. The van der Waals surface area contributed by atoms with Crippen LogP contribution in [0.4, 0.5) is 10.6 Å². The van der Waals surface area contributed by atoms with E-state index in [0.717, 1.165) is 16.5 Å². The van der Waals surface area contributed by atoms with Gasteiger partial charge in [-0.15, -0.1) is 0 Å². The molecule has 0 saturated carbocycles. The number of fused-ring (bicyclic) bond motifs is 1. The molecule has 0 atom stereocenters. The molecule has 0 aliphatic carbocycles. The molecule has 5 aromatic rings. The quantitative estimate of drug-likeness (QED) is 0.292. The molecule has 34 heavy (non-hydrogen) atoms. The predicted molar refractivity (Wildman–Crippen MR) is 129 cm³/mol. The molecular weight excluding hydrogens is 454 g/mol. The Kier molecular flexibility index (Phi) is 5.75. The average Bonchev–Trinajstić information content (AvgIpc) is 3.34. The molecule has 2 amide bonds. The van der Waals surface area contributed by atoms with E-state index in [1.165, 1.54) is 0 Å². The number of H-pyrrole nitrogens is 1. The van der Waals surface area contributed by atoms with Crippen molar-refractivity contribution in [2.24, 2.45) is 0 Å². The number of nitrogens with zero attached hydrogens (tertiary/aromatic N) is 4. The van der Waals surface area contributed by atoms with Crippen LogP contribution in [0.1, 0.15) is 5.56 Å². The van der Waals surface area contributed by atoms with Gasteiger partial charge in [0, 0.05) is 35.5 Å². The van der Waals surface area contributed by atoms with Crippen molar-refractivity contribution in [1.29, 1.82) is 0 Å². The third-order valence-electron chi connectivity index (χ3n) is 5.11. The lowest BCUT2D eigenvalue weighted by molar-refractivity contribution is 0.251. The molecule has 2 aromatic carbocycles. The first kappa shape index (κ1) is 21.4. The summed E-state index contributed by atoms with van der Waals surface area (Å²) in [5, 5.41) is 24.0. The van der Waals surface area contributed by atoms with Gasteiger partial charge >= 0.3 is 6.03 Å². The van der Waals surface area contributed by atoms with E-state index < -0.39 is 11.9 Å². The van der Waals surface area contributed by atoms with E-state index in [9.17, 15) is 9.90 Å². The molecule has 4 N–H and O–H groups in total. The highest BCUT2D eigenvalue weighted by molar-refractivity contribution is 6.35. The number of carbonyl (C=O) groups excluding carboxylic acids is 1. The van der Waals surface area contributed by atoms with Crippen LogP contribution in [0.25, 0.3) is 33.4 Å². The zero-order valence-electron chi connectivity index (χ0n) is 17.7. The molecule has 0 saturated heterocycles. The highest BCUT2D eigenvalue weighted by Gasteiger charge is 2.19. The fourth-order valence-electron chi connectivity index (χ4n) is 3.50. The lowest BCUT2D eigenvalue weighted by Crippen LogP contribution is -2.28. The predicted octanol–water partition coefficient (Wildman–Crippen LogP) is 4.76. The third kappa shape index (κ3) is 4.37. The maximum absolute atomic E-state index is 12.5. The number of pyridine rings is 1. The van der Waals surface area contributed by atoms with Gasteiger partial charge < -0.3 is 10.4 Å². The Balaban J connectivity index is 1.51. The highest BCUT2D eigenvalue weighted by Crippen LogP contribution is 2.36. The van der Waals surface area contributed by atoms with Crippen LogP contribution in [0.5, 0.6) is 5.88 Å². The number of aromatic nitrogens is 5. The van der Waals surface area contributed by atoms with E-state index >= 15 is 0 Å². The molecule has 0 fully saturated rings. The van der Waals surface area contributed by atoms with Crippen LogP contribution in [0.3, 0.4) is 0 Å². The van der Waals surface area contributed by atoms with Crippen molar-refractivity contribution in [2.45, 2.75) is 6.54 Å². The number of aromatic amines is 1. The van der Waals surface area contributed by atoms with E-state index in [-0.39, 0.29) is 12.4 Å². The number of halogens is 1. The second-order valence-corrected chi connectivity index (χ2v) is 7.83. The fourth-order valence-corrected chi connectivity index (χ4v) is 3.77. The summed E-state index contributed by atoms with van der Waals surface area (Å²) in [7, 11) is 0. The number of amides is 2. The summed E-state index contributed by atoms with van der Waals surface area (Å²) in [6, 6.07) is 16.0. The first-order valence-corrected chi connectivity index (χ1v) is 10.7. The summed E-state index contributed by atoms with van der Waals surface area (Å²) >= 11 is 6.43. The van der Waals surface area contributed by atoms with Gasteiger partial charge in [0.2, 0.25) is 0 Å². The Labute approximate surface area is 198 Å². The van der Waals surface area contributed by atoms with E-state index in [4.69, 9.17) is 11.6 Å². The Hall–Kier alpha value is -4.50. The summed E-state index contributed by atoms with van der Waals surface area (Å²) in [5.41, 5.74) is 3.82. The number of urea groups is 1. The molecule has 0 radical (unpaired) electrons. The first-order chi connectivity index (χ1) is 16.6. The number of benzene rings is 2. The maximum Gasteiger partial charge on any atom is 0.320 e. The summed E-state index contributed by atoms with van der Waals surface area (Å²) in [4.78, 5) is 25.4. The van der Waals surface area contributed by atoms with Gasteiger partial charge in [-0.05, 0) is 23.8 Å². The molecule has 3 aromatic heterocycles. The zero-order valence-corrected chi connectivity index (χ0v) is 18.4. The van der Waals surface area contributed by atoms with Gasteiger partial charge in [0.05, 0.1) is 22.4 Å². The van der Waals surface area contributed by atoms with Crippen molar-refractivity contribution in [1.82, 2.24) is 30.5 Å². The van der Waals surface area contributed by atoms with E-state index in [1.54, 1.807) is 30.7 Å². The topological polar surface area (TPSA) is 129 Å². The minimum Gasteiger partial charge on any atom is -0.491 e. The van der Waals surface area contributed by atoms with Crippen LogP contribution in [-0.4, -0.2) is 36.3 Å². The van der Waals surface area contributed by atoms with Crippen molar-refractivity contribution in [3.63, 3.8) is 0 Å². The monoisotopic (exact) mass is 471 g/mol. The molecule has 3 heterocycles. The second-order valence-electron chi connectivity index (χ2n) is 7.42. The van der Waals surface area contributed by atoms with Gasteiger partial charge in [0.25, 0.3) is 5.88 Å². The normalized spacial score (nSPS) is 10.9. The molecule has 10 heteroatoms. The van der Waals surface area contributed by atoms with Gasteiger partial charge in [-0.1, -0.05) is 48.0 Å². The van der Waals surface area contributed by atoms with Gasteiger partial charge in [-0.25, -0.2) is 14.8 Å². The van der Waals surface area contributed by atoms with Crippen molar-refractivity contribution in [3.8, 4) is 28.4 Å². The summed E-state index contributed by atoms with van der Waals surface area (Å²) in [6.07, 6.45) is 4.96. The average molecular weight is 472 g/mol. The van der Waals surface area contributed by atoms with Crippen LogP contribution >= 0.6 is 11.6 Å². The molecule has 0 bridgehead atoms. The Morgan fingerprint density at radius 2 is 1.82 bits per heavy atom. The van der Waals surface area contributed by atoms with Crippen LogP contribution in [0.15, 0.2) is 73.2 Å². The van der Waals surface area contributed by atoms with Crippen LogP contribution in [0.2, 0.25) is 5.02 Å². The maximum atomic E-state index is 12.5. The number of rotatable bonds is 5. The number of anilines is 1. The van der Waals surface area contributed by atoms with Gasteiger partial charge in [0.1, 0.15) is 5.69 Å². The fraction of sp³-hybridized carbons (Fsp3) is 0.0417. The highest BCUT2D eigenvalue weighted by atomic mass is 35.5. The molecule has 0 unspecified atom stereocenters. The smallest absolute Gasteiger partial charge is 0.320 e. The Morgan fingerprint density at radius 1 is 1.00 bits per heavy atom. The lowest BCUT2D eigenvalue weighted by Gasteiger charge is -2.14. The molecule has 5 rings (SSSR count). The Morgan fingerprint density at radius 3 is 2.62 bits per heavy atom. The molecular formula is C24H18ClN7O2. The van der Waals surface area contributed by atoms with E-state index in [1.807, 2.05) is 42.5 Å². The lowest BCUT2D eigenvalue weighted by atomic mass is 10.0. The second kappa shape index (κ2) is 9.16. The summed E-state index contributed by atoms with van der Waals surface area (Å²) in [5.74, 6) is -0.489. The molecule has 0 aliphatic heterocycles. The zero-order chi connectivity index (χ0) is 23.5. The van der Waals surface area contributed by atoms with Gasteiger partial charge in [0.15, 0.2) is 5.82 Å². The molecule has 0 aliphatic rings. The van der Waals surface area contributed by atoms with Crippen LogP contribution in [0, 0.1) is 0 Å². The molecule has 0 spiro atoms. The Bertz CT molecular complexity index is 1470. The van der Waals surface area contributed by atoms with Crippen molar-refractivity contribution in [2.75, 3.05) is 5.32 Å². The molecule has 168 valence electrons. The SMILES string of the molecule is O=C(NCc1cccnc1)Nc1nc(-c2ccccc2)c(-c2cc(Cl)c3[nH]ncc3c2)nc1O. The summed E-state index contributed by atoms with van der Waals surface area (Å²) < 4.78 is 0. The minimum absolute atomic E-state index is 0.0678. The van der Waals surface area contributed by atoms with E-state index in [2.05, 4.69) is 35.8 Å². The minimum atomic E-state index is -0.539. The van der Waals surface area contributed by atoms with Crippen molar-refractivity contribution >= 4 is 34.4 Å². The molecule has 9 nitrogen and oxygen atoms in total. The van der Waals surface area contributed by atoms with Crippen molar-refractivity contribution < 1.29 is 9.90 Å². The largest absolute Gasteiger partial charge is 0.491 e. The van der Waals surface area contributed by atoms with Gasteiger partial charge in [-0.3, -0.25) is 15.4 Å². The van der Waals surface area contributed by atoms with Crippen LogP contribution < -0.4 is 10.6 Å². The van der Waals surface area contributed by atoms with Crippen molar-refractivity contribution in [3.05, 3.63) is 83.8 Å². The third-order valence-corrected chi connectivity index (χ3v) is 5.40. The van der Waals surface area contributed by atoms with E-state index in [0.29, 0.717) is 27.5 Å². The number of hydrogen-bond acceptors (Lipinski definition) is 6. The van der Waals surface area contributed by atoms with Gasteiger partial charge in [-0.2, -0.15) is 5.10 Å². The first-order valence-electron chi connectivity index (χ1n) is 10.3. The number of nitrogens with one attached hydrogen (secondary N) is 3. The standard InChI is InChI=1S/C24H18ClN7O2/c25-18-10-16(9-17-13-28-32-19(17)18)21-20(15-6-2-1-3-7-15)29-22(23(33)30-21)31-24(34)27-12-14-5-4-8-26-11-14/h1-11,13H,12H2,(H,28,32)(H,30,33)(H2,27,29,31,34). The number of hydrogen-bond donors (Lipinski definition) is 4.